The van der Waals surface area contributed by atoms with Gasteiger partial charge in [-0.2, -0.15) is 0 Å². The number of aryl methyl sites for hydroxylation is 1. The molecule has 0 aliphatic carbocycles. The molecule has 0 saturated carbocycles. The number of thiophene rings is 1. The Kier molecular flexibility index (Phi) is 5.39. The number of aromatic hydroxyl groups is 1. The second-order valence-electron chi connectivity index (χ2n) is 6.14. The fraction of sp³-hybridized carbons (Fsp3) is 0.200. The molecule has 0 fully saturated rings. The summed E-state index contributed by atoms with van der Waals surface area (Å²) in [6.07, 6.45) is 0. The molecule has 27 heavy (non-hydrogen) atoms. The maximum Gasteiger partial charge on any atom is 0.341 e. The molecule has 7 heteroatoms. The van der Waals surface area contributed by atoms with E-state index in [9.17, 15) is 14.7 Å². The number of methoxy groups -OCH3 is 1. The highest BCUT2D eigenvalue weighted by Gasteiger charge is 2.27. The molecular weight excluding hydrogens is 386 g/mol. The van der Waals surface area contributed by atoms with Crippen LogP contribution in [0.1, 0.15) is 28.4 Å². The van der Waals surface area contributed by atoms with E-state index in [1.165, 1.54) is 36.3 Å². The second-order valence-corrected chi connectivity index (χ2v) is 7.52. The molecule has 0 aliphatic rings. The van der Waals surface area contributed by atoms with Crippen molar-refractivity contribution in [2.24, 2.45) is 0 Å². The van der Waals surface area contributed by atoms with E-state index >= 15 is 0 Å². The molecule has 1 amide bonds. The molecular formula is C20H18ClNO4S. The molecule has 0 aliphatic heterocycles. The molecule has 1 aromatic heterocycles. The summed E-state index contributed by atoms with van der Waals surface area (Å²) in [5, 5.41) is 11.0. The lowest BCUT2D eigenvalue weighted by Crippen LogP contribution is -2.28. The Morgan fingerprint density at radius 2 is 1.85 bits per heavy atom. The molecule has 0 atom stereocenters. The van der Waals surface area contributed by atoms with E-state index in [-0.39, 0.29) is 22.2 Å². The van der Waals surface area contributed by atoms with Gasteiger partial charge in [0.25, 0.3) is 0 Å². The van der Waals surface area contributed by atoms with Crippen LogP contribution in [-0.4, -0.2) is 24.1 Å². The van der Waals surface area contributed by atoms with Crippen LogP contribution in [0.3, 0.4) is 0 Å². The summed E-state index contributed by atoms with van der Waals surface area (Å²) in [4.78, 5) is 26.4. The van der Waals surface area contributed by atoms with Crippen molar-refractivity contribution in [1.29, 1.82) is 0 Å². The van der Waals surface area contributed by atoms with Gasteiger partial charge < -0.3 is 9.84 Å². The molecule has 0 unspecified atom stereocenters. The number of benzene rings is 2. The molecule has 1 heterocycles. The van der Waals surface area contributed by atoms with E-state index in [0.29, 0.717) is 21.6 Å². The third-order valence-electron chi connectivity index (χ3n) is 4.23. The van der Waals surface area contributed by atoms with E-state index in [4.69, 9.17) is 16.3 Å². The first-order valence-corrected chi connectivity index (χ1v) is 9.38. The number of rotatable bonds is 4. The predicted octanol–water partition coefficient (Wildman–Crippen LogP) is 4.91. The monoisotopic (exact) mass is 403 g/mol. The first-order valence-electron chi connectivity index (χ1n) is 8.19. The van der Waals surface area contributed by atoms with Crippen LogP contribution in [0, 0.1) is 6.92 Å². The zero-order valence-electron chi connectivity index (χ0n) is 15.1. The Morgan fingerprint density at radius 3 is 2.44 bits per heavy atom. The third kappa shape index (κ3) is 3.63. The van der Waals surface area contributed by atoms with Gasteiger partial charge in [0.1, 0.15) is 21.3 Å². The van der Waals surface area contributed by atoms with Gasteiger partial charge in [0.05, 0.1) is 18.4 Å². The Bertz CT molecular complexity index is 1030. The number of halogens is 1. The normalized spacial score (nSPS) is 10.8. The van der Waals surface area contributed by atoms with Crippen molar-refractivity contribution in [2.45, 2.75) is 20.4 Å². The lowest BCUT2D eigenvalue weighted by Gasteiger charge is -2.21. The number of phenols is 1. The number of esters is 1. The summed E-state index contributed by atoms with van der Waals surface area (Å²) in [6, 6.07) is 10.8. The van der Waals surface area contributed by atoms with E-state index in [1.807, 2.05) is 31.2 Å². The summed E-state index contributed by atoms with van der Waals surface area (Å²) in [5.41, 5.74) is 2.31. The molecule has 1 N–H and O–H groups in total. The molecule has 3 aromatic rings. The number of ether oxygens (including phenoxy) is 1. The molecule has 5 nitrogen and oxygen atoms in total. The van der Waals surface area contributed by atoms with Gasteiger partial charge in [-0.25, -0.2) is 4.79 Å². The highest BCUT2D eigenvalue weighted by atomic mass is 35.5. The maximum absolute atomic E-state index is 12.5. The largest absolute Gasteiger partial charge is 0.506 e. The molecule has 140 valence electrons. The summed E-state index contributed by atoms with van der Waals surface area (Å²) in [5.74, 6) is -0.859. The summed E-state index contributed by atoms with van der Waals surface area (Å²) < 4.78 is 5.46. The standard InChI is InChI=1S/C20H18ClNO4S/c1-11-4-6-13(7-5-11)10-22(12(2)23)19-16(20(25)26-3)14-8-9-15(24)17(21)18(14)27-19/h4-9,24H,10H2,1-3H3. The van der Waals surface area contributed by atoms with Crippen LogP contribution in [-0.2, 0) is 16.1 Å². The second kappa shape index (κ2) is 7.58. The van der Waals surface area contributed by atoms with Crippen LogP contribution in [0.4, 0.5) is 5.00 Å². The summed E-state index contributed by atoms with van der Waals surface area (Å²) in [7, 11) is 1.29. The van der Waals surface area contributed by atoms with Crippen molar-refractivity contribution in [3.8, 4) is 5.75 Å². The zero-order chi connectivity index (χ0) is 19.7. The van der Waals surface area contributed by atoms with Crippen LogP contribution in [0.2, 0.25) is 5.02 Å². The third-order valence-corrected chi connectivity index (χ3v) is 5.98. The minimum Gasteiger partial charge on any atom is -0.506 e. The van der Waals surface area contributed by atoms with Gasteiger partial charge in [0.2, 0.25) is 5.91 Å². The fourth-order valence-corrected chi connectivity index (χ4v) is 4.34. The number of hydrogen-bond donors (Lipinski definition) is 1. The molecule has 3 rings (SSSR count). The van der Waals surface area contributed by atoms with Crippen molar-refractivity contribution in [3.05, 3.63) is 58.1 Å². The summed E-state index contributed by atoms with van der Waals surface area (Å²) in [6.45, 7) is 3.73. The van der Waals surface area contributed by atoms with Gasteiger partial charge in [0, 0.05) is 12.3 Å². The van der Waals surface area contributed by atoms with Gasteiger partial charge in [-0.3, -0.25) is 9.69 Å². The zero-order valence-corrected chi connectivity index (χ0v) is 16.6. The van der Waals surface area contributed by atoms with Gasteiger partial charge >= 0.3 is 5.97 Å². The number of nitrogens with zero attached hydrogens (tertiary/aromatic N) is 1. The number of carbonyl (C=O) groups is 2. The number of amides is 1. The Hall–Kier alpha value is -2.57. The van der Waals surface area contributed by atoms with Gasteiger partial charge in [-0.1, -0.05) is 41.4 Å². The highest BCUT2D eigenvalue weighted by molar-refractivity contribution is 7.24. The average molecular weight is 404 g/mol. The van der Waals surface area contributed by atoms with Crippen molar-refractivity contribution >= 4 is 49.9 Å². The molecule has 0 spiro atoms. The first-order chi connectivity index (χ1) is 12.8. The van der Waals surface area contributed by atoms with Crippen LogP contribution in [0.5, 0.6) is 5.75 Å². The first kappa shape index (κ1) is 19.2. The van der Waals surface area contributed by atoms with E-state index < -0.39 is 5.97 Å². The summed E-state index contributed by atoms with van der Waals surface area (Å²) >= 11 is 7.41. The van der Waals surface area contributed by atoms with Crippen LogP contribution in [0.25, 0.3) is 10.1 Å². The minimum absolute atomic E-state index is 0.0821. The predicted molar refractivity (Wildman–Crippen MR) is 108 cm³/mol. The minimum atomic E-state index is -0.562. The number of carbonyl (C=O) groups excluding carboxylic acids is 2. The number of phenolic OH excluding ortho intramolecular Hbond substituents is 1. The Balaban J connectivity index is 2.19. The molecule has 0 radical (unpaired) electrons. The average Bonchev–Trinajstić information content (AvgIpc) is 3.03. The van der Waals surface area contributed by atoms with Gasteiger partial charge in [0.15, 0.2) is 0 Å². The topological polar surface area (TPSA) is 66.8 Å². The number of fused-ring (bicyclic) bond motifs is 1. The SMILES string of the molecule is COC(=O)c1c(N(Cc2ccc(C)cc2)C(C)=O)sc2c(Cl)c(O)ccc12. The maximum atomic E-state index is 12.5. The lowest BCUT2D eigenvalue weighted by atomic mass is 10.1. The van der Waals surface area contributed by atoms with Gasteiger partial charge in [-0.15, -0.1) is 11.3 Å². The Labute approximate surface area is 165 Å². The van der Waals surface area contributed by atoms with Crippen LogP contribution in [0.15, 0.2) is 36.4 Å². The van der Waals surface area contributed by atoms with E-state index in [2.05, 4.69) is 0 Å². The molecule has 0 saturated heterocycles. The van der Waals surface area contributed by atoms with Crippen LogP contribution < -0.4 is 4.90 Å². The van der Waals surface area contributed by atoms with Crippen molar-refractivity contribution in [3.63, 3.8) is 0 Å². The quantitative estimate of drug-likeness (QED) is 0.628. The highest BCUT2D eigenvalue weighted by Crippen LogP contribution is 2.45. The Morgan fingerprint density at radius 1 is 1.19 bits per heavy atom. The smallest absolute Gasteiger partial charge is 0.341 e. The fourth-order valence-electron chi connectivity index (χ4n) is 2.80. The lowest BCUT2D eigenvalue weighted by molar-refractivity contribution is -0.116. The van der Waals surface area contributed by atoms with Crippen molar-refractivity contribution in [1.82, 2.24) is 0 Å². The molecule has 0 bridgehead atoms. The van der Waals surface area contributed by atoms with E-state index in [1.54, 1.807) is 6.07 Å². The molecule has 2 aromatic carbocycles. The number of hydrogen-bond acceptors (Lipinski definition) is 5. The van der Waals surface area contributed by atoms with Crippen molar-refractivity contribution in [2.75, 3.05) is 12.0 Å². The van der Waals surface area contributed by atoms with Gasteiger partial charge in [-0.05, 0) is 24.6 Å². The van der Waals surface area contributed by atoms with E-state index in [0.717, 1.165) is 11.1 Å². The van der Waals surface area contributed by atoms with Crippen LogP contribution >= 0.6 is 22.9 Å². The van der Waals surface area contributed by atoms with Crippen molar-refractivity contribution < 1.29 is 19.4 Å². The number of anilines is 1.